The lowest BCUT2D eigenvalue weighted by atomic mass is 9.93. The Balaban J connectivity index is 1.97. The number of allylic oxidation sites excluding steroid dienone is 1. The molecule has 0 amide bonds. The first kappa shape index (κ1) is 29.2. The van der Waals surface area contributed by atoms with Crippen molar-refractivity contribution < 1.29 is 23.7 Å². The summed E-state index contributed by atoms with van der Waals surface area (Å²) in [4.78, 5) is 32.6. The molecule has 0 bridgehead atoms. The van der Waals surface area contributed by atoms with E-state index in [1.807, 2.05) is 13.0 Å². The molecule has 10 heteroatoms. The van der Waals surface area contributed by atoms with Gasteiger partial charge in [0.05, 0.1) is 36.6 Å². The highest BCUT2D eigenvalue weighted by Crippen LogP contribution is 2.38. The van der Waals surface area contributed by atoms with Crippen LogP contribution in [-0.4, -0.2) is 38.0 Å². The van der Waals surface area contributed by atoms with E-state index in [-0.39, 0.29) is 12.2 Å². The molecule has 0 saturated heterocycles. The summed E-state index contributed by atoms with van der Waals surface area (Å²) in [5, 5.41) is 0.445. The second-order valence-corrected chi connectivity index (χ2v) is 10.3. The molecule has 0 spiro atoms. The minimum Gasteiger partial charge on any atom is -0.496 e. The molecule has 40 heavy (non-hydrogen) atoms. The fourth-order valence-corrected chi connectivity index (χ4v) is 5.73. The van der Waals surface area contributed by atoms with Gasteiger partial charge in [-0.3, -0.25) is 9.36 Å². The van der Waals surface area contributed by atoms with Crippen LogP contribution < -0.4 is 29.1 Å². The smallest absolute Gasteiger partial charge is 0.338 e. The van der Waals surface area contributed by atoms with Crippen LogP contribution in [0.3, 0.4) is 0 Å². The third kappa shape index (κ3) is 5.85. The van der Waals surface area contributed by atoms with Gasteiger partial charge in [0.15, 0.2) is 16.3 Å². The zero-order valence-electron chi connectivity index (χ0n) is 22.9. The Kier molecular flexibility index (Phi) is 9.50. The molecule has 1 aliphatic rings. The first-order chi connectivity index (χ1) is 19.4. The third-order valence-corrected chi connectivity index (χ3v) is 7.44. The molecule has 210 valence electrons. The van der Waals surface area contributed by atoms with Crippen molar-refractivity contribution in [3.8, 4) is 17.2 Å². The van der Waals surface area contributed by atoms with Gasteiger partial charge in [0.1, 0.15) is 18.4 Å². The van der Waals surface area contributed by atoms with Crippen LogP contribution in [0.1, 0.15) is 43.9 Å². The van der Waals surface area contributed by atoms with Crippen molar-refractivity contribution in [2.45, 2.75) is 32.7 Å². The van der Waals surface area contributed by atoms with Gasteiger partial charge in [-0.25, -0.2) is 9.79 Å². The molecule has 0 unspecified atom stereocenters. The summed E-state index contributed by atoms with van der Waals surface area (Å²) in [5.41, 5.74) is 1.88. The van der Waals surface area contributed by atoms with Crippen molar-refractivity contribution in [1.82, 2.24) is 4.57 Å². The van der Waals surface area contributed by atoms with E-state index in [1.54, 1.807) is 56.5 Å². The Hall–Kier alpha value is -3.82. The Morgan fingerprint density at radius 2 is 1.88 bits per heavy atom. The van der Waals surface area contributed by atoms with Gasteiger partial charge in [0.2, 0.25) is 0 Å². The SMILES string of the molecule is C=CCOc1ccc(/C=c2/sc3n(c2=O)[C@@H](c2cc(Cl)ccc2OC)C(C(=O)OCC)=C(CCC)N=3)cc1OC. The lowest BCUT2D eigenvalue weighted by Gasteiger charge is -2.27. The van der Waals surface area contributed by atoms with E-state index in [1.165, 1.54) is 23.0 Å². The third-order valence-electron chi connectivity index (χ3n) is 6.22. The molecule has 0 saturated carbocycles. The van der Waals surface area contributed by atoms with Crippen LogP contribution in [-0.2, 0) is 9.53 Å². The molecule has 2 heterocycles. The number of esters is 1. The van der Waals surface area contributed by atoms with E-state index in [0.29, 0.717) is 61.5 Å². The van der Waals surface area contributed by atoms with Gasteiger partial charge < -0.3 is 18.9 Å². The molecule has 1 aromatic heterocycles. The van der Waals surface area contributed by atoms with Gasteiger partial charge >= 0.3 is 5.97 Å². The van der Waals surface area contributed by atoms with Crippen LogP contribution in [0, 0.1) is 0 Å². The maximum Gasteiger partial charge on any atom is 0.338 e. The van der Waals surface area contributed by atoms with Crippen LogP contribution >= 0.6 is 22.9 Å². The minimum atomic E-state index is -0.836. The topological polar surface area (TPSA) is 88.4 Å². The van der Waals surface area contributed by atoms with Gasteiger partial charge in [-0.2, -0.15) is 0 Å². The van der Waals surface area contributed by atoms with Crippen LogP contribution in [0.4, 0.5) is 0 Å². The molecule has 0 N–H and O–H groups in total. The number of thiazole rings is 1. The van der Waals surface area contributed by atoms with Crippen LogP contribution in [0.2, 0.25) is 5.02 Å². The van der Waals surface area contributed by atoms with E-state index < -0.39 is 12.0 Å². The molecular weight excluding hydrogens is 552 g/mol. The van der Waals surface area contributed by atoms with E-state index >= 15 is 0 Å². The molecule has 3 aromatic rings. The summed E-state index contributed by atoms with van der Waals surface area (Å²) in [5.74, 6) is 1.05. The lowest BCUT2D eigenvalue weighted by Crippen LogP contribution is -2.40. The number of ether oxygens (including phenoxy) is 4. The summed E-state index contributed by atoms with van der Waals surface area (Å²) in [6.45, 7) is 7.93. The molecule has 0 aliphatic carbocycles. The Bertz CT molecular complexity index is 1640. The summed E-state index contributed by atoms with van der Waals surface area (Å²) in [7, 11) is 3.09. The zero-order valence-corrected chi connectivity index (χ0v) is 24.4. The Morgan fingerprint density at radius 1 is 1.12 bits per heavy atom. The number of benzene rings is 2. The van der Waals surface area contributed by atoms with E-state index in [9.17, 15) is 9.59 Å². The predicted molar refractivity (Wildman–Crippen MR) is 156 cm³/mol. The maximum absolute atomic E-state index is 14.0. The minimum absolute atomic E-state index is 0.180. The van der Waals surface area contributed by atoms with Gasteiger partial charge in [-0.15, -0.1) is 0 Å². The first-order valence-corrected chi connectivity index (χ1v) is 14.0. The van der Waals surface area contributed by atoms with Gasteiger partial charge in [-0.1, -0.05) is 55.0 Å². The monoisotopic (exact) mass is 582 g/mol. The lowest BCUT2D eigenvalue weighted by molar-refractivity contribution is -0.139. The predicted octanol–water partition coefficient (Wildman–Crippen LogP) is 4.81. The fourth-order valence-electron chi connectivity index (χ4n) is 4.53. The molecule has 0 radical (unpaired) electrons. The number of carbonyl (C=O) groups excluding carboxylic acids is 1. The molecule has 2 aromatic carbocycles. The van der Waals surface area contributed by atoms with Crippen molar-refractivity contribution in [3.05, 3.63) is 96.2 Å². The number of hydrogen-bond acceptors (Lipinski definition) is 8. The zero-order chi connectivity index (χ0) is 28.8. The van der Waals surface area contributed by atoms with Crippen molar-refractivity contribution in [2.75, 3.05) is 27.4 Å². The highest BCUT2D eigenvalue weighted by molar-refractivity contribution is 7.07. The number of halogens is 1. The van der Waals surface area contributed by atoms with Crippen LogP contribution in [0.15, 0.2) is 70.1 Å². The van der Waals surface area contributed by atoms with Crippen molar-refractivity contribution in [2.24, 2.45) is 4.99 Å². The molecule has 1 atom stereocenters. The molecule has 0 fully saturated rings. The van der Waals surface area contributed by atoms with Gasteiger partial charge in [-0.05, 0) is 55.3 Å². The number of methoxy groups -OCH3 is 2. The molecule has 4 rings (SSSR count). The molecular formula is C30H31ClN2O6S. The quantitative estimate of drug-likeness (QED) is 0.238. The summed E-state index contributed by atoms with van der Waals surface area (Å²) in [6, 6.07) is 9.70. The standard InChI is InChI=1S/C30H31ClN2O6S/c1-6-9-21-26(29(35)38-8-3)27(20-17-19(31)11-13-22(20)36-4)33-28(34)25(40-30(33)32-21)16-18-10-12-23(39-14-7-2)24(15-18)37-5/h7,10-13,15-17,27H,2,6,8-9,14H2,1,3-5H3/b25-16+/t27-/m0/s1. The Morgan fingerprint density at radius 3 is 2.55 bits per heavy atom. The molecule has 8 nitrogen and oxygen atoms in total. The summed E-state index contributed by atoms with van der Waals surface area (Å²) in [6.07, 6.45) is 4.69. The Labute approximate surface area is 241 Å². The average Bonchev–Trinajstić information content (AvgIpc) is 3.25. The highest BCUT2D eigenvalue weighted by Gasteiger charge is 2.36. The number of carbonyl (C=O) groups is 1. The fraction of sp³-hybridized carbons (Fsp3) is 0.300. The normalized spacial score (nSPS) is 14.8. The van der Waals surface area contributed by atoms with Crippen molar-refractivity contribution in [3.63, 3.8) is 0 Å². The van der Waals surface area contributed by atoms with Crippen LogP contribution in [0.25, 0.3) is 6.08 Å². The summed E-state index contributed by atoms with van der Waals surface area (Å²) >= 11 is 7.65. The van der Waals surface area contributed by atoms with E-state index in [0.717, 1.165) is 12.0 Å². The number of fused-ring (bicyclic) bond motifs is 1. The molecule has 1 aliphatic heterocycles. The van der Waals surface area contributed by atoms with E-state index in [2.05, 4.69) is 6.58 Å². The van der Waals surface area contributed by atoms with Crippen molar-refractivity contribution >= 4 is 35.0 Å². The highest BCUT2D eigenvalue weighted by atomic mass is 35.5. The van der Waals surface area contributed by atoms with Gasteiger partial charge in [0.25, 0.3) is 5.56 Å². The largest absolute Gasteiger partial charge is 0.496 e. The second kappa shape index (κ2) is 13.0. The average molecular weight is 583 g/mol. The number of rotatable bonds is 11. The second-order valence-electron chi connectivity index (χ2n) is 8.81. The van der Waals surface area contributed by atoms with Crippen LogP contribution in [0.5, 0.6) is 17.2 Å². The number of aromatic nitrogens is 1. The van der Waals surface area contributed by atoms with Gasteiger partial charge in [0, 0.05) is 10.6 Å². The number of hydrogen-bond donors (Lipinski definition) is 0. The summed E-state index contributed by atoms with van der Waals surface area (Å²) < 4.78 is 24.2. The van der Waals surface area contributed by atoms with E-state index in [4.69, 9.17) is 35.5 Å². The maximum atomic E-state index is 14.0. The number of nitrogens with zero attached hydrogens (tertiary/aromatic N) is 2. The first-order valence-electron chi connectivity index (χ1n) is 12.8. The van der Waals surface area contributed by atoms with Crippen molar-refractivity contribution in [1.29, 1.82) is 0 Å².